The van der Waals surface area contributed by atoms with E-state index in [9.17, 15) is 14.9 Å². The zero-order valence-corrected chi connectivity index (χ0v) is 12.5. The minimum Gasteiger partial charge on any atom is -0.337 e. The lowest BCUT2D eigenvalue weighted by Crippen LogP contribution is -2.33. The molecule has 1 aromatic carbocycles. The molecule has 8 heteroatoms. The molecule has 0 unspecified atom stereocenters. The lowest BCUT2D eigenvalue weighted by Gasteiger charge is -2.18. The third kappa shape index (κ3) is 3.37. The van der Waals surface area contributed by atoms with Crippen LogP contribution in [0, 0.1) is 10.1 Å². The lowest BCUT2D eigenvalue weighted by molar-refractivity contribution is -0.384. The minimum atomic E-state index is -0.449. The summed E-state index contributed by atoms with van der Waals surface area (Å²) in [4.78, 5) is 24.5. The lowest BCUT2D eigenvalue weighted by atomic mass is 10.2. The first-order chi connectivity index (χ1) is 11.1. The summed E-state index contributed by atoms with van der Waals surface area (Å²) < 4.78 is 1.55. The quantitative estimate of drug-likeness (QED) is 0.679. The number of carbonyl (C=O) groups is 1. The van der Waals surface area contributed by atoms with Crippen molar-refractivity contribution in [1.29, 1.82) is 0 Å². The maximum absolute atomic E-state index is 12.5. The summed E-state index contributed by atoms with van der Waals surface area (Å²) in [6.07, 6.45) is 4.12. The van der Waals surface area contributed by atoms with Crippen LogP contribution in [0.4, 0.5) is 5.69 Å². The molecule has 1 aliphatic heterocycles. The first-order valence-electron chi connectivity index (χ1n) is 7.44. The number of rotatable bonds is 3. The largest absolute Gasteiger partial charge is 0.337 e. The Morgan fingerprint density at radius 2 is 2.00 bits per heavy atom. The Morgan fingerprint density at radius 1 is 1.22 bits per heavy atom. The average molecular weight is 315 g/mol. The van der Waals surface area contributed by atoms with E-state index in [0.29, 0.717) is 17.8 Å². The number of hydrogen-bond acceptors (Lipinski definition) is 5. The molecule has 0 radical (unpaired) electrons. The molecule has 0 saturated carbocycles. The van der Waals surface area contributed by atoms with E-state index in [-0.39, 0.29) is 11.6 Å². The fourth-order valence-electron chi connectivity index (χ4n) is 2.53. The zero-order valence-electron chi connectivity index (χ0n) is 12.5. The molecule has 0 spiro atoms. The van der Waals surface area contributed by atoms with E-state index in [0.717, 1.165) is 26.1 Å². The van der Waals surface area contributed by atoms with Crippen molar-refractivity contribution in [3.63, 3.8) is 0 Å². The van der Waals surface area contributed by atoms with Gasteiger partial charge >= 0.3 is 0 Å². The summed E-state index contributed by atoms with van der Waals surface area (Å²) in [6, 6.07) is 6.04. The summed E-state index contributed by atoms with van der Waals surface area (Å²) in [5.41, 5.74) is 1.21. The van der Waals surface area contributed by atoms with Gasteiger partial charge in [0.05, 0.1) is 22.4 Å². The number of nitro benzene ring substituents is 1. The number of nitrogens with zero attached hydrogens (tertiary/aromatic N) is 4. The number of non-ortho nitro benzene ring substituents is 1. The van der Waals surface area contributed by atoms with Gasteiger partial charge < -0.3 is 10.2 Å². The molecule has 3 rings (SSSR count). The van der Waals surface area contributed by atoms with Gasteiger partial charge in [-0.1, -0.05) is 0 Å². The highest BCUT2D eigenvalue weighted by Crippen LogP contribution is 2.16. The molecule has 1 fully saturated rings. The van der Waals surface area contributed by atoms with Crippen molar-refractivity contribution in [2.24, 2.45) is 0 Å². The molecule has 1 aliphatic rings. The van der Waals surface area contributed by atoms with Crippen LogP contribution < -0.4 is 5.32 Å². The van der Waals surface area contributed by atoms with E-state index in [4.69, 9.17) is 0 Å². The molecule has 1 N–H and O–H groups in total. The van der Waals surface area contributed by atoms with Crippen molar-refractivity contribution < 1.29 is 9.72 Å². The molecule has 120 valence electrons. The summed E-state index contributed by atoms with van der Waals surface area (Å²) >= 11 is 0. The van der Waals surface area contributed by atoms with E-state index < -0.39 is 4.92 Å². The molecule has 0 atom stereocenters. The molecule has 0 aliphatic carbocycles. The van der Waals surface area contributed by atoms with E-state index in [1.165, 1.54) is 18.3 Å². The third-order valence-corrected chi connectivity index (χ3v) is 3.78. The summed E-state index contributed by atoms with van der Waals surface area (Å²) in [6.45, 7) is 3.13. The van der Waals surface area contributed by atoms with Gasteiger partial charge in [-0.2, -0.15) is 5.10 Å². The Hall–Kier alpha value is -2.74. The highest BCUT2D eigenvalue weighted by Gasteiger charge is 2.18. The number of hydrogen-bond donors (Lipinski definition) is 1. The monoisotopic (exact) mass is 315 g/mol. The average Bonchev–Trinajstić information content (AvgIpc) is 2.90. The van der Waals surface area contributed by atoms with E-state index >= 15 is 0 Å². The SMILES string of the molecule is O=C(c1cnn(-c2ccc([N+](=O)[O-])cc2)c1)N1CCCNCC1. The number of nitrogens with one attached hydrogen (secondary N) is 1. The van der Waals surface area contributed by atoms with Crippen LogP contribution in [0.2, 0.25) is 0 Å². The maximum atomic E-state index is 12.5. The van der Waals surface area contributed by atoms with Crippen molar-refractivity contribution in [3.05, 3.63) is 52.3 Å². The second kappa shape index (κ2) is 6.57. The molecular formula is C15H17N5O3. The minimum absolute atomic E-state index is 0.0225. The Labute approximate surface area is 132 Å². The van der Waals surface area contributed by atoms with Gasteiger partial charge in [0.2, 0.25) is 0 Å². The van der Waals surface area contributed by atoms with Crippen molar-refractivity contribution >= 4 is 11.6 Å². The molecule has 1 aromatic heterocycles. The van der Waals surface area contributed by atoms with Crippen molar-refractivity contribution in [2.45, 2.75) is 6.42 Å². The highest BCUT2D eigenvalue weighted by molar-refractivity contribution is 5.93. The smallest absolute Gasteiger partial charge is 0.269 e. The van der Waals surface area contributed by atoms with Crippen molar-refractivity contribution in [1.82, 2.24) is 20.0 Å². The molecule has 2 heterocycles. The van der Waals surface area contributed by atoms with Gasteiger partial charge in [0.1, 0.15) is 0 Å². The summed E-state index contributed by atoms with van der Waals surface area (Å²) in [5.74, 6) is -0.0399. The number of aromatic nitrogens is 2. The van der Waals surface area contributed by atoms with Gasteiger partial charge in [0.25, 0.3) is 11.6 Å². The molecule has 0 bridgehead atoms. The Morgan fingerprint density at radius 3 is 2.74 bits per heavy atom. The zero-order chi connectivity index (χ0) is 16.2. The van der Waals surface area contributed by atoms with E-state index in [1.807, 2.05) is 4.90 Å². The van der Waals surface area contributed by atoms with Crippen LogP contribution in [0.5, 0.6) is 0 Å². The van der Waals surface area contributed by atoms with Gasteiger partial charge in [0.15, 0.2) is 0 Å². The number of carbonyl (C=O) groups excluding carboxylic acids is 1. The Kier molecular flexibility index (Phi) is 4.33. The van der Waals surface area contributed by atoms with E-state index in [1.54, 1.807) is 23.0 Å². The van der Waals surface area contributed by atoms with Crippen molar-refractivity contribution in [3.8, 4) is 5.69 Å². The van der Waals surface area contributed by atoms with Gasteiger partial charge in [-0.05, 0) is 25.1 Å². The second-order valence-electron chi connectivity index (χ2n) is 5.34. The fourth-order valence-corrected chi connectivity index (χ4v) is 2.53. The van der Waals surface area contributed by atoms with Gasteiger partial charge in [-0.3, -0.25) is 14.9 Å². The standard InChI is InChI=1S/C15H17N5O3/c21-15(18-8-1-6-16-7-9-18)12-10-17-19(11-12)13-2-4-14(5-3-13)20(22)23/h2-5,10-11,16H,1,6-9H2. The van der Waals surface area contributed by atoms with Crippen LogP contribution in [0.1, 0.15) is 16.8 Å². The van der Waals surface area contributed by atoms with Gasteiger partial charge in [-0.15, -0.1) is 0 Å². The Balaban J connectivity index is 1.76. The predicted molar refractivity (Wildman–Crippen MR) is 83.6 cm³/mol. The summed E-state index contributed by atoms with van der Waals surface area (Å²) in [5, 5.41) is 18.1. The molecule has 2 aromatic rings. The predicted octanol–water partition coefficient (Wildman–Crippen LogP) is 1.22. The van der Waals surface area contributed by atoms with Crippen LogP contribution in [0.3, 0.4) is 0 Å². The van der Waals surface area contributed by atoms with Crippen LogP contribution in [-0.4, -0.2) is 51.7 Å². The van der Waals surface area contributed by atoms with Crippen LogP contribution in [0.15, 0.2) is 36.7 Å². The number of nitro groups is 1. The molecule has 1 saturated heterocycles. The molecule has 1 amide bonds. The number of benzene rings is 1. The van der Waals surface area contributed by atoms with E-state index in [2.05, 4.69) is 10.4 Å². The molecular weight excluding hydrogens is 298 g/mol. The molecule has 23 heavy (non-hydrogen) atoms. The van der Waals surface area contributed by atoms with Crippen LogP contribution >= 0.6 is 0 Å². The maximum Gasteiger partial charge on any atom is 0.269 e. The van der Waals surface area contributed by atoms with Crippen molar-refractivity contribution in [2.75, 3.05) is 26.2 Å². The first-order valence-corrected chi connectivity index (χ1v) is 7.44. The highest BCUT2D eigenvalue weighted by atomic mass is 16.6. The normalized spacial score (nSPS) is 15.2. The first kappa shape index (κ1) is 15.2. The number of amides is 1. The van der Waals surface area contributed by atoms with Crippen LogP contribution in [0.25, 0.3) is 5.69 Å². The summed E-state index contributed by atoms with van der Waals surface area (Å²) in [7, 11) is 0. The van der Waals surface area contributed by atoms with Gasteiger partial charge in [0, 0.05) is 38.0 Å². The van der Waals surface area contributed by atoms with Crippen LogP contribution in [-0.2, 0) is 0 Å². The fraction of sp³-hybridized carbons (Fsp3) is 0.333. The topological polar surface area (TPSA) is 93.3 Å². The third-order valence-electron chi connectivity index (χ3n) is 3.78. The Bertz CT molecular complexity index is 702. The van der Waals surface area contributed by atoms with Gasteiger partial charge in [-0.25, -0.2) is 4.68 Å². The second-order valence-corrected chi connectivity index (χ2v) is 5.34. The molecule has 8 nitrogen and oxygen atoms in total.